The van der Waals surface area contributed by atoms with Gasteiger partial charge in [-0.2, -0.15) is 10.2 Å². The molecule has 16 heavy (non-hydrogen) atoms. The third-order valence-corrected chi connectivity index (χ3v) is 3.39. The van der Waals surface area contributed by atoms with Crippen LogP contribution in [0.5, 0.6) is 0 Å². The van der Waals surface area contributed by atoms with Crippen molar-refractivity contribution in [1.29, 1.82) is 0 Å². The normalized spacial score (nSPS) is 16.6. The molecule has 2 heterocycles. The van der Waals surface area contributed by atoms with Gasteiger partial charge < -0.3 is 0 Å². The summed E-state index contributed by atoms with van der Waals surface area (Å²) in [5, 5.41) is 9.10. The summed E-state index contributed by atoms with van der Waals surface area (Å²) in [5.41, 5.74) is 0.624. The molecule has 1 aliphatic rings. The number of aromatic nitrogens is 4. The fourth-order valence-corrected chi connectivity index (χ4v) is 2.14. The molecule has 0 radical (unpaired) electrons. The van der Waals surface area contributed by atoms with Gasteiger partial charge in [-0.15, -0.1) is 0 Å². The van der Waals surface area contributed by atoms with Crippen molar-refractivity contribution >= 4 is 10.9 Å². The second-order valence-corrected chi connectivity index (χ2v) is 4.50. The summed E-state index contributed by atoms with van der Waals surface area (Å²) in [5.74, 6) is 0.695. The molecule has 84 valence electrons. The lowest BCUT2D eigenvalue weighted by molar-refractivity contribution is 0.269. The molecule has 3 rings (SSSR count). The standard InChI is InChI=1S/C11H14N4O/c1-14-11(16)10-9(5-12-14)6-13-15(10)7-8-3-2-4-8/h5-6,8H,2-4,7H2,1H3. The molecule has 0 aromatic carbocycles. The molecule has 5 heteroatoms. The fourth-order valence-electron chi connectivity index (χ4n) is 2.14. The summed E-state index contributed by atoms with van der Waals surface area (Å²) in [6, 6.07) is 0. The molecule has 1 aliphatic carbocycles. The van der Waals surface area contributed by atoms with Crippen molar-refractivity contribution in [2.24, 2.45) is 13.0 Å². The summed E-state index contributed by atoms with van der Waals surface area (Å²) in [6.07, 6.45) is 7.24. The Balaban J connectivity index is 2.10. The van der Waals surface area contributed by atoms with Gasteiger partial charge in [-0.05, 0) is 18.8 Å². The lowest BCUT2D eigenvalue weighted by Crippen LogP contribution is -2.24. The Morgan fingerprint density at radius 3 is 2.81 bits per heavy atom. The van der Waals surface area contributed by atoms with Gasteiger partial charge in [0.25, 0.3) is 5.56 Å². The highest BCUT2D eigenvalue weighted by molar-refractivity contribution is 5.76. The summed E-state index contributed by atoms with van der Waals surface area (Å²) in [4.78, 5) is 11.9. The van der Waals surface area contributed by atoms with Gasteiger partial charge in [0.05, 0.1) is 12.4 Å². The molecule has 0 atom stereocenters. The van der Waals surface area contributed by atoms with Crippen LogP contribution >= 0.6 is 0 Å². The van der Waals surface area contributed by atoms with Crippen LogP contribution in [0.1, 0.15) is 19.3 Å². The first-order chi connectivity index (χ1) is 7.75. The van der Waals surface area contributed by atoms with Crippen molar-refractivity contribution in [3.05, 3.63) is 22.7 Å². The van der Waals surface area contributed by atoms with Gasteiger partial charge in [-0.3, -0.25) is 9.48 Å². The zero-order valence-corrected chi connectivity index (χ0v) is 9.26. The topological polar surface area (TPSA) is 52.7 Å². The van der Waals surface area contributed by atoms with Crippen molar-refractivity contribution in [3.8, 4) is 0 Å². The Bertz CT molecular complexity index is 579. The van der Waals surface area contributed by atoms with Crippen molar-refractivity contribution in [2.75, 3.05) is 0 Å². The molecule has 0 unspecified atom stereocenters. The quantitative estimate of drug-likeness (QED) is 0.753. The average Bonchev–Trinajstić information content (AvgIpc) is 2.61. The van der Waals surface area contributed by atoms with E-state index in [1.165, 1.54) is 23.9 Å². The van der Waals surface area contributed by atoms with Gasteiger partial charge >= 0.3 is 0 Å². The van der Waals surface area contributed by atoms with Crippen LogP contribution in [0.2, 0.25) is 0 Å². The van der Waals surface area contributed by atoms with E-state index < -0.39 is 0 Å². The first-order valence-corrected chi connectivity index (χ1v) is 5.63. The van der Waals surface area contributed by atoms with Crippen LogP contribution in [0.3, 0.4) is 0 Å². The van der Waals surface area contributed by atoms with Crippen LogP contribution in [0.4, 0.5) is 0 Å². The number of nitrogens with zero attached hydrogens (tertiary/aromatic N) is 4. The van der Waals surface area contributed by atoms with Crippen molar-refractivity contribution in [2.45, 2.75) is 25.8 Å². The maximum atomic E-state index is 11.9. The monoisotopic (exact) mass is 218 g/mol. The number of rotatable bonds is 2. The molecular weight excluding hydrogens is 204 g/mol. The highest BCUT2D eigenvalue weighted by atomic mass is 16.1. The van der Waals surface area contributed by atoms with E-state index in [2.05, 4.69) is 10.2 Å². The summed E-state index contributed by atoms with van der Waals surface area (Å²) >= 11 is 0. The van der Waals surface area contributed by atoms with Crippen LogP contribution in [0.25, 0.3) is 10.9 Å². The number of fused-ring (bicyclic) bond motifs is 1. The zero-order valence-electron chi connectivity index (χ0n) is 9.26. The smallest absolute Gasteiger partial charge is 0.265 e. The lowest BCUT2D eigenvalue weighted by Gasteiger charge is -2.25. The van der Waals surface area contributed by atoms with Crippen LogP contribution in [0.15, 0.2) is 17.2 Å². The molecule has 0 amide bonds. The van der Waals surface area contributed by atoms with Gasteiger partial charge in [0.15, 0.2) is 0 Å². The molecule has 0 aliphatic heterocycles. The van der Waals surface area contributed by atoms with Crippen LogP contribution < -0.4 is 5.56 Å². The molecule has 2 aromatic heterocycles. The second-order valence-electron chi connectivity index (χ2n) is 4.50. The van der Waals surface area contributed by atoms with Crippen molar-refractivity contribution < 1.29 is 0 Å². The molecule has 1 fully saturated rings. The predicted molar refractivity (Wildman–Crippen MR) is 60.1 cm³/mol. The maximum absolute atomic E-state index is 11.9. The maximum Gasteiger partial charge on any atom is 0.292 e. The first kappa shape index (κ1) is 9.57. The van der Waals surface area contributed by atoms with E-state index in [0.29, 0.717) is 11.4 Å². The Morgan fingerprint density at radius 1 is 1.38 bits per heavy atom. The minimum Gasteiger partial charge on any atom is -0.265 e. The van der Waals surface area contributed by atoms with Crippen LogP contribution in [0, 0.1) is 5.92 Å². The van der Waals surface area contributed by atoms with E-state index in [1.54, 1.807) is 19.4 Å². The minimum atomic E-state index is -0.0608. The third kappa shape index (κ3) is 1.35. The van der Waals surface area contributed by atoms with E-state index >= 15 is 0 Å². The Hall–Kier alpha value is -1.65. The van der Waals surface area contributed by atoms with E-state index in [0.717, 1.165) is 11.9 Å². The summed E-state index contributed by atoms with van der Waals surface area (Å²) in [6.45, 7) is 0.864. The lowest BCUT2D eigenvalue weighted by atomic mass is 9.85. The number of aryl methyl sites for hydroxylation is 1. The molecule has 5 nitrogen and oxygen atoms in total. The third-order valence-electron chi connectivity index (χ3n) is 3.39. The molecule has 1 saturated carbocycles. The minimum absolute atomic E-state index is 0.0608. The van der Waals surface area contributed by atoms with Crippen LogP contribution in [-0.2, 0) is 13.6 Å². The second kappa shape index (κ2) is 3.43. The number of hydrogen-bond acceptors (Lipinski definition) is 3. The van der Waals surface area contributed by atoms with E-state index in [9.17, 15) is 4.79 Å². The molecule has 0 bridgehead atoms. The van der Waals surface area contributed by atoms with Crippen molar-refractivity contribution in [1.82, 2.24) is 19.6 Å². The van der Waals surface area contributed by atoms with Gasteiger partial charge in [-0.25, -0.2) is 4.68 Å². The number of hydrogen-bond donors (Lipinski definition) is 0. The van der Waals surface area contributed by atoms with E-state index in [-0.39, 0.29) is 5.56 Å². The Morgan fingerprint density at radius 2 is 2.12 bits per heavy atom. The molecule has 2 aromatic rings. The largest absolute Gasteiger partial charge is 0.292 e. The van der Waals surface area contributed by atoms with E-state index in [4.69, 9.17) is 0 Å². The van der Waals surface area contributed by atoms with Gasteiger partial charge in [0.1, 0.15) is 5.52 Å². The highest BCUT2D eigenvalue weighted by Gasteiger charge is 2.20. The Labute approximate surface area is 92.7 Å². The summed E-state index contributed by atoms with van der Waals surface area (Å²) in [7, 11) is 1.67. The molecule has 0 saturated heterocycles. The van der Waals surface area contributed by atoms with E-state index in [1.807, 2.05) is 4.68 Å². The van der Waals surface area contributed by atoms with Crippen molar-refractivity contribution in [3.63, 3.8) is 0 Å². The highest BCUT2D eigenvalue weighted by Crippen LogP contribution is 2.28. The van der Waals surface area contributed by atoms with Gasteiger partial charge in [0.2, 0.25) is 0 Å². The summed E-state index contributed by atoms with van der Waals surface area (Å²) < 4.78 is 3.20. The molecule has 0 spiro atoms. The first-order valence-electron chi connectivity index (χ1n) is 5.63. The fraction of sp³-hybridized carbons (Fsp3) is 0.545. The van der Waals surface area contributed by atoms with Crippen LogP contribution in [-0.4, -0.2) is 19.6 Å². The Kier molecular flexibility index (Phi) is 2.05. The van der Waals surface area contributed by atoms with Gasteiger partial charge in [-0.1, -0.05) is 6.42 Å². The predicted octanol–water partition coefficient (Wildman–Crippen LogP) is 0.930. The molecular formula is C11H14N4O. The van der Waals surface area contributed by atoms with Gasteiger partial charge in [0, 0.05) is 19.0 Å². The molecule has 0 N–H and O–H groups in total. The average molecular weight is 218 g/mol. The zero-order chi connectivity index (χ0) is 11.1. The SMILES string of the molecule is Cn1ncc2cnn(CC3CCC3)c2c1=O.